The average Bonchev–Trinajstić information content (AvgIpc) is 2.90. The van der Waals surface area contributed by atoms with Gasteiger partial charge in [-0.15, -0.1) is 0 Å². The Labute approximate surface area is 118 Å². The number of hydrogen-bond acceptors (Lipinski definition) is 4. The molecular weight excluding hydrogens is 259 g/mol. The van der Waals surface area contributed by atoms with Gasteiger partial charge in [0.15, 0.2) is 0 Å². The molecule has 110 valence electrons. The molecule has 2 fully saturated rings. The number of hydrazine groups is 1. The Morgan fingerprint density at radius 3 is 2.75 bits per heavy atom. The Morgan fingerprint density at radius 1 is 1.30 bits per heavy atom. The fraction of sp³-hybridized carbons (Fsp3) is 0.600. The average molecular weight is 280 g/mol. The quantitative estimate of drug-likeness (QED) is 0.656. The van der Waals surface area contributed by atoms with Crippen molar-refractivity contribution in [2.75, 3.05) is 19.8 Å². The molecule has 0 amide bonds. The predicted octanol–water partition coefficient (Wildman–Crippen LogP) is 1.92. The maximum Gasteiger partial charge on any atom is 0.123 e. The number of rotatable bonds is 3. The molecule has 1 aromatic carbocycles. The minimum atomic E-state index is -0.225. The Morgan fingerprint density at radius 2 is 2.10 bits per heavy atom. The second kappa shape index (κ2) is 5.77. The van der Waals surface area contributed by atoms with E-state index in [1.165, 1.54) is 12.1 Å². The predicted molar refractivity (Wildman–Crippen MR) is 73.3 cm³/mol. The van der Waals surface area contributed by atoms with E-state index in [4.69, 9.17) is 15.3 Å². The van der Waals surface area contributed by atoms with Crippen LogP contribution in [0.15, 0.2) is 24.3 Å². The topological polar surface area (TPSA) is 56.5 Å². The standard InChI is InChI=1S/C15H21FN2O2/c16-13-3-1-11(2-4-13)14(18-17)12-5-7-20-15(9-12)6-8-19-10-15/h1-4,12,14,18H,5-10,17H2. The largest absolute Gasteiger partial charge is 0.378 e. The lowest BCUT2D eigenvalue weighted by Gasteiger charge is -2.40. The fourth-order valence-electron chi connectivity index (χ4n) is 3.39. The van der Waals surface area contributed by atoms with Crippen LogP contribution in [0.4, 0.5) is 4.39 Å². The van der Waals surface area contributed by atoms with Crippen LogP contribution in [0.2, 0.25) is 0 Å². The van der Waals surface area contributed by atoms with Crippen LogP contribution < -0.4 is 11.3 Å². The second-order valence-electron chi connectivity index (χ2n) is 5.78. The molecule has 3 atom stereocenters. The molecule has 2 aliphatic heterocycles. The SMILES string of the molecule is NNC(c1ccc(F)cc1)C1CCOC2(CCOC2)C1. The number of nitrogens with two attached hydrogens (primary N) is 1. The lowest BCUT2D eigenvalue weighted by molar-refractivity contribution is -0.103. The summed E-state index contributed by atoms with van der Waals surface area (Å²) >= 11 is 0. The molecule has 0 aliphatic carbocycles. The first-order valence-corrected chi connectivity index (χ1v) is 7.16. The smallest absolute Gasteiger partial charge is 0.123 e. The lowest BCUT2D eigenvalue weighted by Crippen LogP contribution is -2.45. The molecule has 3 rings (SSSR count). The van der Waals surface area contributed by atoms with Crippen LogP contribution in [-0.4, -0.2) is 25.4 Å². The first kappa shape index (κ1) is 13.9. The van der Waals surface area contributed by atoms with E-state index in [0.29, 0.717) is 12.5 Å². The summed E-state index contributed by atoms with van der Waals surface area (Å²) in [4.78, 5) is 0. The van der Waals surface area contributed by atoms with Gasteiger partial charge in [0, 0.05) is 25.7 Å². The molecule has 2 aliphatic rings. The molecule has 4 nitrogen and oxygen atoms in total. The number of ether oxygens (including phenoxy) is 2. The first-order valence-electron chi connectivity index (χ1n) is 7.16. The Hall–Kier alpha value is -1.01. The highest BCUT2D eigenvalue weighted by atomic mass is 19.1. The normalized spacial score (nSPS) is 31.6. The van der Waals surface area contributed by atoms with Crippen LogP contribution in [-0.2, 0) is 9.47 Å². The monoisotopic (exact) mass is 280 g/mol. The van der Waals surface area contributed by atoms with Gasteiger partial charge in [-0.3, -0.25) is 11.3 Å². The fourth-order valence-corrected chi connectivity index (χ4v) is 3.39. The molecule has 3 N–H and O–H groups in total. The van der Waals surface area contributed by atoms with Crippen molar-refractivity contribution < 1.29 is 13.9 Å². The third kappa shape index (κ3) is 2.72. The summed E-state index contributed by atoms with van der Waals surface area (Å²) in [5.74, 6) is 5.90. The van der Waals surface area contributed by atoms with Crippen molar-refractivity contribution in [1.29, 1.82) is 0 Å². The van der Waals surface area contributed by atoms with Crippen molar-refractivity contribution in [3.63, 3.8) is 0 Å². The van der Waals surface area contributed by atoms with E-state index in [0.717, 1.165) is 38.0 Å². The minimum absolute atomic E-state index is 0.0250. The number of benzene rings is 1. The molecule has 1 aromatic rings. The molecule has 3 unspecified atom stereocenters. The highest BCUT2D eigenvalue weighted by Gasteiger charge is 2.43. The summed E-state index contributed by atoms with van der Waals surface area (Å²) in [7, 11) is 0. The summed E-state index contributed by atoms with van der Waals surface area (Å²) < 4.78 is 24.5. The van der Waals surface area contributed by atoms with E-state index < -0.39 is 0 Å². The van der Waals surface area contributed by atoms with Crippen molar-refractivity contribution in [3.05, 3.63) is 35.6 Å². The molecular formula is C15H21FN2O2. The van der Waals surface area contributed by atoms with Crippen LogP contribution in [0.25, 0.3) is 0 Å². The third-order valence-corrected chi connectivity index (χ3v) is 4.48. The van der Waals surface area contributed by atoms with Crippen LogP contribution in [0.1, 0.15) is 30.9 Å². The summed E-state index contributed by atoms with van der Waals surface area (Å²) in [6.07, 6.45) is 2.83. The summed E-state index contributed by atoms with van der Waals surface area (Å²) in [5, 5.41) is 0. The van der Waals surface area contributed by atoms with Gasteiger partial charge in [0.1, 0.15) is 5.82 Å². The highest BCUT2D eigenvalue weighted by Crippen LogP contribution is 2.40. The van der Waals surface area contributed by atoms with E-state index in [9.17, 15) is 4.39 Å². The van der Waals surface area contributed by atoms with E-state index in [1.807, 2.05) is 0 Å². The van der Waals surface area contributed by atoms with E-state index in [2.05, 4.69) is 5.43 Å². The van der Waals surface area contributed by atoms with E-state index in [-0.39, 0.29) is 17.5 Å². The van der Waals surface area contributed by atoms with Gasteiger partial charge >= 0.3 is 0 Å². The van der Waals surface area contributed by atoms with Crippen molar-refractivity contribution in [3.8, 4) is 0 Å². The minimum Gasteiger partial charge on any atom is -0.378 e. The van der Waals surface area contributed by atoms with Crippen molar-refractivity contribution in [1.82, 2.24) is 5.43 Å². The van der Waals surface area contributed by atoms with Crippen molar-refractivity contribution >= 4 is 0 Å². The van der Waals surface area contributed by atoms with Gasteiger partial charge in [-0.2, -0.15) is 0 Å². The first-order chi connectivity index (χ1) is 9.72. The summed E-state index contributed by atoms with van der Waals surface area (Å²) in [6, 6.07) is 6.58. The zero-order chi connectivity index (χ0) is 14.0. The van der Waals surface area contributed by atoms with Gasteiger partial charge in [0.2, 0.25) is 0 Å². The zero-order valence-corrected chi connectivity index (χ0v) is 11.5. The van der Waals surface area contributed by atoms with E-state index >= 15 is 0 Å². The number of nitrogens with one attached hydrogen (secondary N) is 1. The molecule has 0 aromatic heterocycles. The molecule has 20 heavy (non-hydrogen) atoms. The van der Waals surface area contributed by atoms with Gasteiger partial charge < -0.3 is 9.47 Å². The second-order valence-corrected chi connectivity index (χ2v) is 5.78. The Kier molecular flexibility index (Phi) is 4.03. The maximum absolute atomic E-state index is 13.0. The van der Waals surface area contributed by atoms with Crippen LogP contribution in [0.5, 0.6) is 0 Å². The molecule has 5 heteroatoms. The van der Waals surface area contributed by atoms with Crippen molar-refractivity contribution in [2.45, 2.75) is 30.9 Å². The molecule has 2 heterocycles. The Balaban J connectivity index is 1.76. The molecule has 2 saturated heterocycles. The van der Waals surface area contributed by atoms with Crippen LogP contribution in [0, 0.1) is 11.7 Å². The lowest BCUT2D eigenvalue weighted by atomic mass is 9.79. The number of hydrogen-bond donors (Lipinski definition) is 2. The van der Waals surface area contributed by atoms with Gasteiger partial charge in [0.25, 0.3) is 0 Å². The van der Waals surface area contributed by atoms with Crippen LogP contribution in [0.3, 0.4) is 0 Å². The summed E-state index contributed by atoms with van der Waals surface area (Å²) in [6.45, 7) is 2.17. The van der Waals surface area contributed by atoms with Crippen molar-refractivity contribution in [2.24, 2.45) is 11.8 Å². The zero-order valence-electron chi connectivity index (χ0n) is 11.5. The molecule has 0 radical (unpaired) electrons. The third-order valence-electron chi connectivity index (χ3n) is 4.48. The van der Waals surface area contributed by atoms with E-state index in [1.54, 1.807) is 12.1 Å². The van der Waals surface area contributed by atoms with Gasteiger partial charge in [0.05, 0.1) is 12.2 Å². The number of halogens is 1. The molecule has 0 saturated carbocycles. The van der Waals surface area contributed by atoms with Gasteiger partial charge in [-0.1, -0.05) is 12.1 Å². The van der Waals surface area contributed by atoms with Crippen LogP contribution >= 0.6 is 0 Å². The van der Waals surface area contributed by atoms with Gasteiger partial charge in [-0.25, -0.2) is 4.39 Å². The highest BCUT2D eigenvalue weighted by molar-refractivity contribution is 5.21. The molecule has 1 spiro atoms. The molecule has 0 bridgehead atoms. The Bertz CT molecular complexity index is 446. The summed E-state index contributed by atoms with van der Waals surface area (Å²) in [5.41, 5.74) is 3.78. The maximum atomic E-state index is 13.0. The van der Waals surface area contributed by atoms with Gasteiger partial charge in [-0.05, 0) is 36.5 Å².